The zero-order chi connectivity index (χ0) is 22.2. The van der Waals surface area contributed by atoms with Gasteiger partial charge in [-0.25, -0.2) is 0 Å². The van der Waals surface area contributed by atoms with Gasteiger partial charge < -0.3 is 15.2 Å². The minimum Gasteiger partial charge on any atom is -0.390 e. The van der Waals surface area contributed by atoms with Gasteiger partial charge in [0, 0.05) is 18.2 Å². The molecule has 2 aromatic rings. The minimum atomic E-state index is -0.630. The van der Waals surface area contributed by atoms with Gasteiger partial charge in [0.25, 0.3) is 0 Å². The second-order valence-electron chi connectivity index (χ2n) is 10.0. The van der Waals surface area contributed by atoms with Crippen LogP contribution in [-0.2, 0) is 16.1 Å². The summed E-state index contributed by atoms with van der Waals surface area (Å²) in [5, 5.41) is 18.7. The summed E-state index contributed by atoms with van der Waals surface area (Å²) in [4.78, 5) is 12.5. The highest BCUT2D eigenvalue weighted by atomic mass is 16.5. The molecule has 5 atom stereocenters. The molecule has 6 nitrogen and oxygen atoms in total. The van der Waals surface area contributed by atoms with E-state index >= 15 is 0 Å². The van der Waals surface area contributed by atoms with Crippen molar-refractivity contribution in [3.8, 4) is 0 Å². The van der Waals surface area contributed by atoms with Crippen molar-refractivity contribution in [2.45, 2.75) is 83.1 Å². The molecule has 1 amide bonds. The van der Waals surface area contributed by atoms with E-state index in [1.165, 1.54) is 5.56 Å². The lowest BCUT2D eigenvalue weighted by Crippen LogP contribution is -2.54. The Morgan fingerprint density at radius 2 is 2.00 bits per heavy atom. The monoisotopic (exact) mass is 425 g/mol. The molecular weight excluding hydrogens is 390 g/mol. The van der Waals surface area contributed by atoms with E-state index in [9.17, 15) is 9.90 Å². The fraction of sp³-hybridized carbons (Fsp3) is 0.600. The summed E-state index contributed by atoms with van der Waals surface area (Å²) in [7, 11) is 0. The van der Waals surface area contributed by atoms with Gasteiger partial charge in [0.2, 0.25) is 5.91 Å². The summed E-state index contributed by atoms with van der Waals surface area (Å²) < 4.78 is 8.28. The van der Waals surface area contributed by atoms with Crippen molar-refractivity contribution in [2.75, 3.05) is 6.54 Å². The molecule has 168 valence electrons. The quantitative estimate of drug-likeness (QED) is 0.769. The van der Waals surface area contributed by atoms with Gasteiger partial charge in [-0.15, -0.1) is 0 Å². The lowest BCUT2D eigenvalue weighted by molar-refractivity contribution is -0.215. The number of nitrogens with one attached hydrogen (secondary N) is 1. The molecule has 0 radical (unpaired) electrons. The highest BCUT2D eigenvalue weighted by Crippen LogP contribution is 2.50. The Morgan fingerprint density at radius 1 is 1.26 bits per heavy atom. The maximum Gasteiger partial charge on any atom is 0.241 e. The number of rotatable bonds is 5. The number of carbonyl (C=O) groups excluding carboxylic acids is 1. The molecule has 2 N–H and O–H groups in total. The van der Waals surface area contributed by atoms with Gasteiger partial charge in [0.1, 0.15) is 6.54 Å². The van der Waals surface area contributed by atoms with Crippen LogP contribution >= 0.6 is 0 Å². The van der Waals surface area contributed by atoms with E-state index in [-0.39, 0.29) is 24.0 Å². The fourth-order valence-corrected chi connectivity index (χ4v) is 5.66. The SMILES string of the molecule is Cc1cc(C)n(CC(=O)NC[C@@H]2CC[C@@]3(C)C[C@H](c4ccccc4)C[C@](C)(O3)[C@H]2O)n1. The number of aliphatic hydroxyl groups excluding tert-OH is 1. The smallest absolute Gasteiger partial charge is 0.241 e. The fourth-order valence-electron chi connectivity index (χ4n) is 5.66. The molecule has 2 aliphatic heterocycles. The average Bonchev–Trinajstić information content (AvgIpc) is 3.01. The van der Waals surface area contributed by atoms with Crippen molar-refractivity contribution in [1.29, 1.82) is 0 Å². The van der Waals surface area contributed by atoms with Gasteiger partial charge >= 0.3 is 0 Å². The third-order valence-corrected chi connectivity index (χ3v) is 7.15. The molecule has 0 aliphatic carbocycles. The molecule has 0 unspecified atom stereocenters. The first-order chi connectivity index (χ1) is 14.7. The molecular formula is C25H35N3O3. The average molecular weight is 426 g/mol. The number of carbonyl (C=O) groups is 1. The van der Waals surface area contributed by atoms with Crippen molar-refractivity contribution in [1.82, 2.24) is 15.1 Å². The normalized spacial score (nSPS) is 33.0. The molecule has 2 saturated heterocycles. The van der Waals surface area contributed by atoms with Crippen LogP contribution in [0.15, 0.2) is 36.4 Å². The van der Waals surface area contributed by atoms with Crippen LogP contribution in [0.1, 0.15) is 62.4 Å². The topological polar surface area (TPSA) is 76.4 Å². The lowest BCUT2D eigenvalue weighted by atomic mass is 9.74. The van der Waals surface area contributed by atoms with Crippen LogP contribution in [0.5, 0.6) is 0 Å². The summed E-state index contributed by atoms with van der Waals surface area (Å²) in [6.45, 7) is 8.74. The van der Waals surface area contributed by atoms with E-state index in [4.69, 9.17) is 4.74 Å². The first kappa shape index (κ1) is 22.0. The number of benzene rings is 1. The first-order valence-corrected chi connectivity index (χ1v) is 11.4. The second-order valence-corrected chi connectivity index (χ2v) is 10.0. The van der Waals surface area contributed by atoms with Gasteiger partial charge in [0.05, 0.1) is 23.0 Å². The minimum absolute atomic E-state index is 0.0363. The molecule has 31 heavy (non-hydrogen) atoms. The summed E-state index contributed by atoms with van der Waals surface area (Å²) in [6.07, 6.45) is 2.81. The first-order valence-electron chi connectivity index (χ1n) is 11.4. The second kappa shape index (κ2) is 8.40. The zero-order valence-electron chi connectivity index (χ0n) is 19.1. The molecule has 1 aromatic carbocycles. The molecule has 3 heterocycles. The van der Waals surface area contributed by atoms with E-state index in [0.29, 0.717) is 12.5 Å². The van der Waals surface area contributed by atoms with Crippen molar-refractivity contribution in [2.24, 2.45) is 5.92 Å². The van der Waals surface area contributed by atoms with Crippen LogP contribution in [0, 0.1) is 19.8 Å². The van der Waals surface area contributed by atoms with Crippen LogP contribution in [0.2, 0.25) is 0 Å². The molecule has 2 aliphatic rings. The Hall–Kier alpha value is -2.18. The summed E-state index contributed by atoms with van der Waals surface area (Å²) >= 11 is 0. The molecule has 1 aromatic heterocycles. The Bertz CT molecular complexity index is 927. The molecule has 2 fully saturated rings. The molecule has 0 saturated carbocycles. The Morgan fingerprint density at radius 3 is 2.68 bits per heavy atom. The molecule has 4 rings (SSSR count). The van der Waals surface area contributed by atoms with E-state index in [0.717, 1.165) is 37.1 Å². The number of amides is 1. The molecule has 0 spiro atoms. The number of aromatic nitrogens is 2. The Labute approximate surface area is 185 Å². The van der Waals surface area contributed by atoms with E-state index in [1.807, 2.05) is 32.9 Å². The summed E-state index contributed by atoms with van der Waals surface area (Å²) in [6, 6.07) is 12.5. The Kier molecular flexibility index (Phi) is 5.97. The number of fused-ring (bicyclic) bond motifs is 2. The predicted octanol–water partition coefficient (Wildman–Crippen LogP) is 3.50. The van der Waals surface area contributed by atoms with E-state index in [2.05, 4.69) is 41.6 Å². The van der Waals surface area contributed by atoms with Crippen LogP contribution in [0.4, 0.5) is 0 Å². The van der Waals surface area contributed by atoms with E-state index < -0.39 is 11.7 Å². The largest absolute Gasteiger partial charge is 0.390 e. The number of ether oxygens (including phenoxy) is 1. The van der Waals surface area contributed by atoms with Gasteiger partial charge in [-0.3, -0.25) is 9.48 Å². The number of aryl methyl sites for hydroxylation is 2. The highest BCUT2D eigenvalue weighted by molar-refractivity contribution is 5.75. The van der Waals surface area contributed by atoms with Crippen LogP contribution in [0.25, 0.3) is 0 Å². The predicted molar refractivity (Wildman–Crippen MR) is 120 cm³/mol. The third-order valence-electron chi connectivity index (χ3n) is 7.15. The molecule has 6 heteroatoms. The number of hydrogen-bond donors (Lipinski definition) is 2. The maximum atomic E-state index is 12.5. The van der Waals surface area contributed by atoms with Gasteiger partial charge in [-0.05, 0) is 70.9 Å². The van der Waals surface area contributed by atoms with Gasteiger partial charge in [-0.2, -0.15) is 5.10 Å². The van der Waals surface area contributed by atoms with E-state index in [1.54, 1.807) is 4.68 Å². The standard InChI is InChI=1S/C25H35N3O3/c1-17-12-18(2)28(27-17)16-22(29)26-15-20-10-11-24(3)13-21(19-8-6-5-7-9-19)14-25(4,31-24)23(20)30/h5-9,12,20-21,23,30H,10-11,13-16H2,1-4H3,(H,26,29)/t20-,21-,23-,24-,25-/m0/s1. The van der Waals surface area contributed by atoms with Crippen LogP contribution in [0.3, 0.4) is 0 Å². The van der Waals surface area contributed by atoms with Crippen molar-refractivity contribution in [3.05, 3.63) is 53.3 Å². The molecule has 2 bridgehead atoms. The number of hydrogen-bond acceptors (Lipinski definition) is 4. The third kappa shape index (κ3) is 4.70. The summed E-state index contributed by atoms with van der Waals surface area (Å²) in [5.74, 6) is 0.245. The Balaban J connectivity index is 1.44. The van der Waals surface area contributed by atoms with Crippen LogP contribution in [-0.4, -0.2) is 44.6 Å². The van der Waals surface area contributed by atoms with Crippen molar-refractivity contribution >= 4 is 5.91 Å². The van der Waals surface area contributed by atoms with Gasteiger partial charge in [-0.1, -0.05) is 30.3 Å². The summed E-state index contributed by atoms with van der Waals surface area (Å²) in [5.41, 5.74) is 2.29. The number of nitrogens with zero attached hydrogens (tertiary/aromatic N) is 2. The highest BCUT2D eigenvalue weighted by Gasteiger charge is 2.52. The number of aliphatic hydroxyl groups is 1. The van der Waals surface area contributed by atoms with Crippen molar-refractivity contribution < 1.29 is 14.6 Å². The zero-order valence-corrected chi connectivity index (χ0v) is 19.1. The van der Waals surface area contributed by atoms with Crippen molar-refractivity contribution in [3.63, 3.8) is 0 Å². The van der Waals surface area contributed by atoms with Crippen LogP contribution < -0.4 is 5.32 Å². The van der Waals surface area contributed by atoms with Gasteiger partial charge in [0.15, 0.2) is 0 Å². The maximum absolute atomic E-state index is 12.5. The lowest BCUT2D eigenvalue weighted by Gasteiger charge is -2.49.